The monoisotopic (exact) mass is 318 g/mol. The van der Waals surface area contributed by atoms with Gasteiger partial charge in [-0.15, -0.1) is 0 Å². The van der Waals surface area contributed by atoms with Gasteiger partial charge in [0.05, 0.1) is 4.48 Å². The summed E-state index contributed by atoms with van der Waals surface area (Å²) in [4.78, 5) is 23.2. The standard InChI is InChI=1S/C13H19BrO4/c1-4-5-6-13(17)11(14)7-10(16)12(18-13)8(2)9(3)15/h7-8,12,17H,4-6H2,1-3H3/t8-,12?,13-/m1/s1. The number of carbonyl (C=O) groups excluding carboxylic acids is 2. The SMILES string of the molecule is CCCC[C@@]1(O)OC([C@H](C)C(C)=O)C(=O)C=C1Br. The molecule has 18 heavy (non-hydrogen) atoms. The molecule has 102 valence electrons. The van der Waals surface area contributed by atoms with Gasteiger partial charge in [-0.1, -0.05) is 20.3 Å². The van der Waals surface area contributed by atoms with Gasteiger partial charge in [-0.2, -0.15) is 0 Å². The van der Waals surface area contributed by atoms with Crippen LogP contribution in [-0.4, -0.2) is 28.6 Å². The number of hydrogen-bond donors (Lipinski definition) is 1. The molecule has 0 spiro atoms. The summed E-state index contributed by atoms with van der Waals surface area (Å²) < 4.78 is 5.83. The van der Waals surface area contributed by atoms with Crippen molar-refractivity contribution in [3.63, 3.8) is 0 Å². The van der Waals surface area contributed by atoms with Crippen LogP contribution in [0.4, 0.5) is 0 Å². The quantitative estimate of drug-likeness (QED) is 0.845. The molecule has 0 aromatic rings. The van der Waals surface area contributed by atoms with Crippen molar-refractivity contribution in [2.24, 2.45) is 5.92 Å². The first-order chi connectivity index (χ1) is 8.31. The van der Waals surface area contributed by atoms with Crippen LogP contribution in [0, 0.1) is 5.92 Å². The lowest BCUT2D eigenvalue weighted by Gasteiger charge is -2.36. The predicted octanol–water partition coefficient (Wildman–Crippen LogP) is 2.34. The molecule has 0 aromatic heterocycles. The topological polar surface area (TPSA) is 63.6 Å². The Morgan fingerprint density at radius 1 is 1.67 bits per heavy atom. The minimum atomic E-state index is -1.49. The summed E-state index contributed by atoms with van der Waals surface area (Å²) in [6.45, 7) is 5.06. The zero-order chi connectivity index (χ0) is 13.9. The molecule has 0 saturated heterocycles. The Morgan fingerprint density at radius 2 is 2.28 bits per heavy atom. The fraction of sp³-hybridized carbons (Fsp3) is 0.692. The summed E-state index contributed by atoms with van der Waals surface area (Å²) >= 11 is 3.18. The summed E-state index contributed by atoms with van der Waals surface area (Å²) in [5, 5.41) is 10.4. The average molecular weight is 319 g/mol. The fourth-order valence-electron chi connectivity index (χ4n) is 1.80. The Bertz CT molecular complexity index is 377. The van der Waals surface area contributed by atoms with Gasteiger partial charge in [0.1, 0.15) is 11.9 Å². The highest BCUT2D eigenvalue weighted by Crippen LogP contribution is 2.36. The average Bonchev–Trinajstić information content (AvgIpc) is 2.31. The van der Waals surface area contributed by atoms with Gasteiger partial charge in [0.2, 0.25) is 0 Å². The Kier molecular flexibility index (Phi) is 5.25. The third kappa shape index (κ3) is 3.28. The minimum absolute atomic E-state index is 0.127. The van der Waals surface area contributed by atoms with Crippen LogP contribution < -0.4 is 0 Å². The van der Waals surface area contributed by atoms with Crippen LogP contribution in [0.25, 0.3) is 0 Å². The van der Waals surface area contributed by atoms with E-state index >= 15 is 0 Å². The molecule has 0 aromatic carbocycles. The molecule has 1 aliphatic heterocycles. The van der Waals surface area contributed by atoms with Crippen LogP contribution in [0.2, 0.25) is 0 Å². The van der Waals surface area contributed by atoms with E-state index in [0.717, 1.165) is 12.8 Å². The zero-order valence-corrected chi connectivity index (χ0v) is 12.5. The molecule has 4 nitrogen and oxygen atoms in total. The number of unbranched alkanes of at least 4 members (excludes halogenated alkanes) is 1. The highest BCUT2D eigenvalue weighted by Gasteiger charge is 2.43. The first-order valence-electron chi connectivity index (χ1n) is 6.14. The largest absolute Gasteiger partial charge is 0.361 e. The van der Waals surface area contributed by atoms with Crippen LogP contribution in [-0.2, 0) is 14.3 Å². The smallest absolute Gasteiger partial charge is 0.199 e. The molecule has 1 unspecified atom stereocenters. The van der Waals surface area contributed by atoms with Gasteiger partial charge >= 0.3 is 0 Å². The van der Waals surface area contributed by atoms with Crippen LogP contribution in [0.5, 0.6) is 0 Å². The number of rotatable bonds is 5. The molecule has 1 heterocycles. The van der Waals surface area contributed by atoms with Crippen molar-refractivity contribution in [2.75, 3.05) is 0 Å². The van der Waals surface area contributed by atoms with E-state index < -0.39 is 17.8 Å². The molecule has 5 heteroatoms. The second-order valence-electron chi connectivity index (χ2n) is 4.72. The third-order valence-corrected chi connectivity index (χ3v) is 4.06. The van der Waals surface area contributed by atoms with Crippen molar-refractivity contribution < 1.29 is 19.4 Å². The van der Waals surface area contributed by atoms with Crippen molar-refractivity contribution in [3.05, 3.63) is 10.6 Å². The molecule has 1 N–H and O–H groups in total. The number of aliphatic hydroxyl groups is 1. The van der Waals surface area contributed by atoms with Crippen molar-refractivity contribution >= 4 is 27.5 Å². The second kappa shape index (κ2) is 6.08. The lowest BCUT2D eigenvalue weighted by molar-refractivity contribution is -0.215. The van der Waals surface area contributed by atoms with E-state index in [1.807, 2.05) is 6.92 Å². The number of ketones is 2. The molecule has 1 rings (SSSR count). The van der Waals surface area contributed by atoms with Gasteiger partial charge in [0.15, 0.2) is 11.6 Å². The van der Waals surface area contributed by atoms with Crippen molar-refractivity contribution in [1.82, 2.24) is 0 Å². The lowest BCUT2D eigenvalue weighted by atomic mass is 9.93. The lowest BCUT2D eigenvalue weighted by Crippen LogP contribution is -2.47. The van der Waals surface area contributed by atoms with E-state index in [9.17, 15) is 14.7 Å². The van der Waals surface area contributed by atoms with E-state index in [1.54, 1.807) is 6.92 Å². The summed E-state index contributed by atoms with van der Waals surface area (Å²) in [5.74, 6) is -2.45. The van der Waals surface area contributed by atoms with Gasteiger partial charge in [0.25, 0.3) is 0 Å². The summed E-state index contributed by atoms with van der Waals surface area (Å²) in [7, 11) is 0. The third-order valence-electron chi connectivity index (χ3n) is 3.21. The number of halogens is 1. The summed E-state index contributed by atoms with van der Waals surface area (Å²) in [6, 6.07) is 0. The minimum Gasteiger partial charge on any atom is -0.361 e. The van der Waals surface area contributed by atoms with E-state index in [2.05, 4.69) is 15.9 Å². The van der Waals surface area contributed by atoms with Crippen molar-refractivity contribution in [3.8, 4) is 0 Å². The first kappa shape index (κ1) is 15.5. The van der Waals surface area contributed by atoms with Crippen molar-refractivity contribution in [1.29, 1.82) is 0 Å². The van der Waals surface area contributed by atoms with Crippen LogP contribution >= 0.6 is 15.9 Å². The van der Waals surface area contributed by atoms with Gasteiger partial charge < -0.3 is 9.84 Å². The second-order valence-corrected chi connectivity index (χ2v) is 5.57. The maximum Gasteiger partial charge on any atom is 0.199 e. The molecular weight excluding hydrogens is 300 g/mol. The number of carbonyl (C=O) groups is 2. The predicted molar refractivity (Wildman–Crippen MR) is 71.2 cm³/mol. The van der Waals surface area contributed by atoms with Crippen LogP contribution in [0.1, 0.15) is 40.0 Å². The Hall–Kier alpha value is -0.520. The molecule has 0 aliphatic carbocycles. The summed E-state index contributed by atoms with van der Waals surface area (Å²) in [6.07, 6.45) is 2.51. The van der Waals surface area contributed by atoms with Crippen LogP contribution in [0.15, 0.2) is 10.6 Å². The summed E-state index contributed by atoms with van der Waals surface area (Å²) in [5.41, 5.74) is 0. The molecule has 1 aliphatic rings. The van der Waals surface area contributed by atoms with E-state index in [4.69, 9.17) is 4.74 Å². The first-order valence-corrected chi connectivity index (χ1v) is 6.93. The van der Waals surface area contributed by atoms with Gasteiger partial charge in [-0.3, -0.25) is 9.59 Å². The Morgan fingerprint density at radius 3 is 2.78 bits per heavy atom. The van der Waals surface area contributed by atoms with Crippen molar-refractivity contribution in [2.45, 2.75) is 51.9 Å². The van der Waals surface area contributed by atoms with Gasteiger partial charge in [-0.25, -0.2) is 0 Å². The number of hydrogen-bond acceptors (Lipinski definition) is 4. The zero-order valence-electron chi connectivity index (χ0n) is 10.9. The Balaban J connectivity index is 2.94. The molecule has 0 amide bonds. The maximum absolute atomic E-state index is 11.8. The molecule has 3 atom stereocenters. The van der Waals surface area contributed by atoms with Gasteiger partial charge in [0, 0.05) is 12.3 Å². The molecule has 0 fully saturated rings. The molecule has 0 saturated carbocycles. The maximum atomic E-state index is 11.8. The number of Topliss-reactive ketones (excluding diaryl/α,β-unsaturated/α-hetero) is 1. The highest BCUT2D eigenvalue weighted by atomic mass is 79.9. The normalized spacial score (nSPS) is 29.9. The number of ether oxygens (including phenoxy) is 1. The van der Waals surface area contributed by atoms with Gasteiger partial charge in [-0.05, 0) is 35.4 Å². The highest BCUT2D eigenvalue weighted by molar-refractivity contribution is 9.11. The Labute approximate surface area is 116 Å². The van der Waals surface area contributed by atoms with E-state index in [0.29, 0.717) is 10.9 Å². The fourth-order valence-corrected chi connectivity index (χ4v) is 2.32. The van der Waals surface area contributed by atoms with Crippen LogP contribution in [0.3, 0.4) is 0 Å². The van der Waals surface area contributed by atoms with E-state index in [1.165, 1.54) is 13.0 Å². The molecule has 0 radical (unpaired) electrons. The van der Waals surface area contributed by atoms with E-state index in [-0.39, 0.29) is 11.6 Å². The molecule has 0 bridgehead atoms. The molecular formula is C13H19BrO4.